The Balaban J connectivity index is 1.38. The first-order valence-electron chi connectivity index (χ1n) is 8.32. The highest BCUT2D eigenvalue weighted by molar-refractivity contribution is 6.07. The van der Waals surface area contributed by atoms with E-state index in [4.69, 9.17) is 0 Å². The van der Waals surface area contributed by atoms with Crippen LogP contribution in [0.4, 0.5) is 15.3 Å². The quantitative estimate of drug-likeness (QED) is 0.547. The summed E-state index contributed by atoms with van der Waals surface area (Å²) in [5.74, 6) is -0.407. The van der Waals surface area contributed by atoms with Gasteiger partial charge in [0.15, 0.2) is 0 Å². The second-order valence-corrected chi connectivity index (χ2v) is 6.58. The van der Waals surface area contributed by atoms with E-state index >= 15 is 0 Å². The Labute approximate surface area is 143 Å². The minimum Gasteiger partial charge on any atom is -0.361 e. The number of carbonyl (C=O) groups excluding carboxylic acids is 3. The van der Waals surface area contributed by atoms with Gasteiger partial charge in [-0.2, -0.15) is 0 Å². The standard InChI is InChI=1S/C17H19N5O3/c23-14-17(22-16(25)21-14)6-1-2-11(17)9-19-15(24)20-12-4-3-10-5-7-18-13(10)8-12/h3-5,7-8,11,18H,1-2,6,9H2,(H2,19,20,24)(H2,21,22,23,25)/t11-,17+/m0/s1. The minimum absolute atomic E-state index is 0.115. The number of nitrogens with one attached hydrogen (secondary N) is 5. The summed E-state index contributed by atoms with van der Waals surface area (Å²) in [7, 11) is 0. The van der Waals surface area contributed by atoms with Crippen LogP contribution < -0.4 is 21.3 Å². The fraction of sp³-hybridized carbons (Fsp3) is 0.353. The summed E-state index contributed by atoms with van der Waals surface area (Å²) in [6.45, 7) is 0.324. The lowest BCUT2D eigenvalue weighted by molar-refractivity contribution is -0.125. The van der Waals surface area contributed by atoms with Crippen molar-refractivity contribution in [3.63, 3.8) is 0 Å². The number of rotatable bonds is 3. The van der Waals surface area contributed by atoms with Crippen LogP contribution in [0, 0.1) is 5.92 Å². The molecule has 130 valence electrons. The molecule has 1 aromatic heterocycles. The number of urea groups is 2. The molecule has 1 aliphatic carbocycles. The highest BCUT2D eigenvalue weighted by atomic mass is 16.2. The van der Waals surface area contributed by atoms with Crippen LogP contribution in [0.1, 0.15) is 19.3 Å². The molecule has 0 radical (unpaired) electrons. The van der Waals surface area contributed by atoms with Gasteiger partial charge < -0.3 is 20.9 Å². The van der Waals surface area contributed by atoms with Gasteiger partial charge >= 0.3 is 12.1 Å². The van der Waals surface area contributed by atoms with Crippen LogP contribution >= 0.6 is 0 Å². The summed E-state index contributed by atoms with van der Waals surface area (Å²) in [4.78, 5) is 38.9. The Morgan fingerprint density at radius 1 is 1.28 bits per heavy atom. The highest BCUT2D eigenvalue weighted by Gasteiger charge is 2.54. The first kappa shape index (κ1) is 15.5. The lowest BCUT2D eigenvalue weighted by atomic mass is 9.87. The number of hydrogen-bond acceptors (Lipinski definition) is 3. The second kappa shape index (κ2) is 5.80. The maximum Gasteiger partial charge on any atom is 0.322 e. The predicted molar refractivity (Wildman–Crippen MR) is 92.1 cm³/mol. The average Bonchev–Trinajstić information content (AvgIpc) is 3.25. The van der Waals surface area contributed by atoms with Crippen molar-refractivity contribution in [3.05, 3.63) is 30.5 Å². The van der Waals surface area contributed by atoms with Crippen LogP contribution in [0.3, 0.4) is 0 Å². The van der Waals surface area contributed by atoms with Gasteiger partial charge in [-0.3, -0.25) is 10.1 Å². The van der Waals surface area contributed by atoms with E-state index in [-0.39, 0.29) is 17.9 Å². The molecule has 1 saturated carbocycles. The molecule has 2 fully saturated rings. The number of aromatic amines is 1. The van der Waals surface area contributed by atoms with Crippen molar-refractivity contribution >= 4 is 34.6 Å². The number of imide groups is 1. The number of H-pyrrole nitrogens is 1. The largest absolute Gasteiger partial charge is 0.361 e. The number of carbonyl (C=O) groups is 3. The van der Waals surface area contributed by atoms with Crippen LogP contribution in [0.5, 0.6) is 0 Å². The van der Waals surface area contributed by atoms with Crippen LogP contribution in [0.25, 0.3) is 10.9 Å². The fourth-order valence-electron chi connectivity index (χ4n) is 3.84. The molecule has 5 amide bonds. The molecule has 1 aromatic carbocycles. The smallest absolute Gasteiger partial charge is 0.322 e. The maximum absolute atomic E-state index is 12.2. The Morgan fingerprint density at radius 3 is 2.96 bits per heavy atom. The molecular weight excluding hydrogens is 322 g/mol. The summed E-state index contributed by atoms with van der Waals surface area (Å²) in [5.41, 5.74) is 0.742. The molecule has 25 heavy (non-hydrogen) atoms. The molecule has 0 bridgehead atoms. The molecular formula is C17H19N5O3. The van der Waals surface area contributed by atoms with Gasteiger partial charge in [0.2, 0.25) is 0 Å². The number of fused-ring (bicyclic) bond motifs is 1. The Kier molecular flexibility index (Phi) is 3.60. The van der Waals surface area contributed by atoms with Gasteiger partial charge in [0.05, 0.1) is 0 Å². The van der Waals surface area contributed by atoms with Gasteiger partial charge in [0.25, 0.3) is 5.91 Å². The van der Waals surface area contributed by atoms with Gasteiger partial charge in [0.1, 0.15) is 5.54 Å². The van der Waals surface area contributed by atoms with E-state index in [1.54, 1.807) is 0 Å². The molecule has 4 rings (SSSR count). The Bertz CT molecular complexity index is 861. The highest BCUT2D eigenvalue weighted by Crippen LogP contribution is 2.37. The Morgan fingerprint density at radius 2 is 2.16 bits per heavy atom. The predicted octanol–water partition coefficient (Wildman–Crippen LogP) is 1.67. The maximum atomic E-state index is 12.2. The summed E-state index contributed by atoms with van der Waals surface area (Å²) < 4.78 is 0. The molecule has 2 aromatic rings. The zero-order valence-corrected chi connectivity index (χ0v) is 13.5. The van der Waals surface area contributed by atoms with Gasteiger partial charge in [-0.15, -0.1) is 0 Å². The molecule has 2 aliphatic rings. The zero-order chi connectivity index (χ0) is 17.4. The fourth-order valence-corrected chi connectivity index (χ4v) is 3.84. The summed E-state index contributed by atoms with van der Waals surface area (Å²) >= 11 is 0. The Hall–Kier alpha value is -3.03. The van der Waals surface area contributed by atoms with Crippen molar-refractivity contribution in [1.82, 2.24) is 20.9 Å². The zero-order valence-electron chi connectivity index (χ0n) is 13.5. The van der Waals surface area contributed by atoms with Gasteiger partial charge in [-0.05, 0) is 36.4 Å². The number of aromatic nitrogens is 1. The second-order valence-electron chi connectivity index (χ2n) is 6.58. The molecule has 1 aliphatic heterocycles. The monoisotopic (exact) mass is 341 g/mol. The van der Waals surface area contributed by atoms with Crippen molar-refractivity contribution in [3.8, 4) is 0 Å². The van der Waals surface area contributed by atoms with E-state index in [1.807, 2.05) is 30.5 Å². The number of anilines is 1. The molecule has 0 unspecified atom stereocenters. The van der Waals surface area contributed by atoms with Crippen molar-refractivity contribution in [2.24, 2.45) is 5.92 Å². The van der Waals surface area contributed by atoms with Crippen molar-refractivity contribution in [2.45, 2.75) is 24.8 Å². The van der Waals surface area contributed by atoms with E-state index in [9.17, 15) is 14.4 Å². The van der Waals surface area contributed by atoms with Gasteiger partial charge in [0, 0.05) is 29.9 Å². The third kappa shape index (κ3) is 2.69. The van der Waals surface area contributed by atoms with Gasteiger partial charge in [-0.25, -0.2) is 9.59 Å². The molecule has 8 heteroatoms. The van der Waals surface area contributed by atoms with E-state index in [0.29, 0.717) is 18.7 Å². The normalized spacial score (nSPS) is 25.2. The van der Waals surface area contributed by atoms with Crippen molar-refractivity contribution < 1.29 is 14.4 Å². The lowest BCUT2D eigenvalue weighted by Gasteiger charge is -2.28. The van der Waals surface area contributed by atoms with E-state index in [0.717, 1.165) is 23.7 Å². The number of hydrogen-bond donors (Lipinski definition) is 5. The van der Waals surface area contributed by atoms with E-state index in [1.165, 1.54) is 0 Å². The summed E-state index contributed by atoms with van der Waals surface area (Å²) in [5, 5.41) is 11.7. The summed E-state index contributed by atoms with van der Waals surface area (Å²) in [6, 6.07) is 6.78. The number of benzene rings is 1. The summed E-state index contributed by atoms with van der Waals surface area (Å²) in [6.07, 6.45) is 4.06. The molecule has 1 saturated heterocycles. The SMILES string of the molecule is O=C(NC[C@@H]1CCC[C@@]12NC(=O)NC2=O)Nc1ccc2cc[nH]c2c1. The van der Waals surface area contributed by atoms with Crippen molar-refractivity contribution in [2.75, 3.05) is 11.9 Å². The van der Waals surface area contributed by atoms with Crippen molar-refractivity contribution in [1.29, 1.82) is 0 Å². The third-order valence-electron chi connectivity index (χ3n) is 5.11. The molecule has 2 atom stereocenters. The van der Waals surface area contributed by atoms with Gasteiger partial charge in [-0.1, -0.05) is 12.5 Å². The average molecular weight is 341 g/mol. The van der Waals surface area contributed by atoms with E-state index in [2.05, 4.69) is 26.3 Å². The van der Waals surface area contributed by atoms with Crippen LogP contribution in [0.2, 0.25) is 0 Å². The van der Waals surface area contributed by atoms with E-state index < -0.39 is 11.6 Å². The molecule has 5 N–H and O–H groups in total. The minimum atomic E-state index is -0.881. The van der Waals surface area contributed by atoms with Crippen LogP contribution in [-0.4, -0.2) is 35.0 Å². The number of amides is 5. The van der Waals surface area contributed by atoms with Crippen LogP contribution in [-0.2, 0) is 4.79 Å². The molecule has 8 nitrogen and oxygen atoms in total. The lowest BCUT2D eigenvalue weighted by Crippen LogP contribution is -2.53. The first-order valence-corrected chi connectivity index (χ1v) is 8.32. The van der Waals surface area contributed by atoms with Crippen LogP contribution in [0.15, 0.2) is 30.5 Å². The topological polar surface area (TPSA) is 115 Å². The molecule has 1 spiro atoms. The molecule has 2 heterocycles. The third-order valence-corrected chi connectivity index (χ3v) is 5.11. The first-order chi connectivity index (χ1) is 12.1.